The van der Waals surface area contributed by atoms with Gasteiger partial charge in [0.1, 0.15) is 0 Å². The second-order valence-corrected chi connectivity index (χ2v) is 11.2. The van der Waals surface area contributed by atoms with E-state index in [-0.39, 0.29) is 53.4 Å². The number of carbonyl (C=O) groups excluding carboxylic acids is 4. The van der Waals surface area contributed by atoms with E-state index in [2.05, 4.69) is 21.1 Å². The SMILES string of the molecule is COc1ccc(C(=O)Oc2ccc(C=NNC(=O)CCCC(=O)NN=Cc3ccc(OC(=O)c4ccc(OC)c(OC)c4)c(OC)c3)cc2OC)cc1OC. The van der Waals surface area contributed by atoms with E-state index in [4.69, 9.17) is 37.9 Å². The lowest BCUT2D eigenvalue weighted by Gasteiger charge is -2.11. The van der Waals surface area contributed by atoms with Gasteiger partial charge in [-0.2, -0.15) is 10.2 Å². The van der Waals surface area contributed by atoms with Crippen LogP contribution in [0.5, 0.6) is 46.0 Å². The van der Waals surface area contributed by atoms with Crippen LogP contribution in [0.1, 0.15) is 51.1 Å². The van der Waals surface area contributed by atoms with Crippen molar-refractivity contribution in [3.63, 3.8) is 0 Å². The molecule has 0 saturated carbocycles. The Hall–Kier alpha value is -7.10. The Morgan fingerprint density at radius 2 is 0.818 bits per heavy atom. The molecule has 4 aromatic carbocycles. The van der Waals surface area contributed by atoms with Crippen LogP contribution in [0, 0.1) is 0 Å². The lowest BCUT2D eigenvalue weighted by molar-refractivity contribution is -0.122. The number of benzene rings is 4. The number of esters is 2. The summed E-state index contributed by atoms with van der Waals surface area (Å²) >= 11 is 0. The zero-order chi connectivity index (χ0) is 39.7. The average Bonchev–Trinajstić information content (AvgIpc) is 3.20. The number of ether oxygens (including phenoxy) is 8. The normalized spacial score (nSPS) is 10.7. The molecule has 0 aliphatic carbocycles. The summed E-state index contributed by atoms with van der Waals surface area (Å²) in [6.07, 6.45) is 3.09. The second kappa shape index (κ2) is 20.2. The maximum atomic E-state index is 12.7. The first-order chi connectivity index (χ1) is 26.6. The smallest absolute Gasteiger partial charge is 0.343 e. The van der Waals surface area contributed by atoms with Crippen LogP contribution in [-0.4, -0.2) is 78.8 Å². The molecule has 55 heavy (non-hydrogen) atoms. The van der Waals surface area contributed by atoms with E-state index >= 15 is 0 Å². The fourth-order valence-electron chi connectivity index (χ4n) is 4.82. The summed E-state index contributed by atoms with van der Waals surface area (Å²) in [4.78, 5) is 50.0. The Morgan fingerprint density at radius 1 is 0.473 bits per heavy atom. The van der Waals surface area contributed by atoms with E-state index in [0.717, 1.165) is 0 Å². The molecule has 4 aromatic rings. The Bertz CT molecular complexity index is 1920. The molecule has 0 saturated heterocycles. The van der Waals surface area contributed by atoms with E-state index < -0.39 is 23.8 Å². The minimum atomic E-state index is -0.630. The van der Waals surface area contributed by atoms with Gasteiger partial charge in [0.05, 0.1) is 66.2 Å². The van der Waals surface area contributed by atoms with Crippen LogP contribution < -0.4 is 48.7 Å². The number of nitrogens with one attached hydrogen (secondary N) is 2. The molecule has 288 valence electrons. The number of amides is 2. The predicted molar refractivity (Wildman–Crippen MR) is 200 cm³/mol. The summed E-state index contributed by atoms with van der Waals surface area (Å²) in [5, 5.41) is 7.90. The lowest BCUT2D eigenvalue weighted by Crippen LogP contribution is -2.20. The van der Waals surface area contributed by atoms with Crippen LogP contribution in [0.2, 0.25) is 0 Å². The number of hydrogen-bond acceptors (Lipinski definition) is 14. The first-order valence-corrected chi connectivity index (χ1v) is 16.5. The third-order valence-corrected chi connectivity index (χ3v) is 7.63. The average molecular weight is 757 g/mol. The highest BCUT2D eigenvalue weighted by Crippen LogP contribution is 2.32. The van der Waals surface area contributed by atoms with Crippen LogP contribution in [-0.2, 0) is 9.59 Å². The lowest BCUT2D eigenvalue weighted by atomic mass is 10.2. The summed E-state index contributed by atoms with van der Waals surface area (Å²) < 4.78 is 42.6. The van der Waals surface area contributed by atoms with Gasteiger partial charge in [0.15, 0.2) is 46.0 Å². The number of hydrogen-bond donors (Lipinski definition) is 2. The minimum absolute atomic E-state index is 0.0313. The van der Waals surface area contributed by atoms with Gasteiger partial charge < -0.3 is 37.9 Å². The van der Waals surface area contributed by atoms with Gasteiger partial charge in [-0.15, -0.1) is 0 Å². The van der Waals surface area contributed by atoms with Gasteiger partial charge in [-0.1, -0.05) is 0 Å². The molecule has 0 aliphatic heterocycles. The van der Waals surface area contributed by atoms with Crippen LogP contribution in [0.3, 0.4) is 0 Å². The summed E-state index contributed by atoms with van der Waals surface area (Å²) in [7, 11) is 8.76. The Labute approximate surface area is 316 Å². The second-order valence-electron chi connectivity index (χ2n) is 11.2. The zero-order valence-corrected chi connectivity index (χ0v) is 31.0. The van der Waals surface area contributed by atoms with Crippen molar-refractivity contribution >= 4 is 36.2 Å². The van der Waals surface area contributed by atoms with Gasteiger partial charge >= 0.3 is 11.9 Å². The van der Waals surface area contributed by atoms with Crippen molar-refractivity contribution in [1.82, 2.24) is 10.9 Å². The summed E-state index contributed by atoms with van der Waals surface area (Å²) in [5.41, 5.74) is 6.43. The Balaban J connectivity index is 1.20. The third-order valence-electron chi connectivity index (χ3n) is 7.63. The van der Waals surface area contributed by atoms with Gasteiger partial charge in [0, 0.05) is 12.8 Å². The molecule has 2 N–H and O–H groups in total. The van der Waals surface area contributed by atoms with Crippen molar-refractivity contribution in [3.05, 3.63) is 95.1 Å². The highest BCUT2D eigenvalue weighted by Gasteiger charge is 2.17. The molecule has 0 spiro atoms. The monoisotopic (exact) mass is 756 g/mol. The van der Waals surface area contributed by atoms with Gasteiger partial charge in [-0.3, -0.25) is 9.59 Å². The molecule has 4 rings (SSSR count). The van der Waals surface area contributed by atoms with Crippen molar-refractivity contribution in [2.24, 2.45) is 10.2 Å². The standard InChI is InChI=1S/C39H40N4O12/c1-48-28-16-12-26(20-34(28)52-5)38(46)54-30-14-10-24(18-32(30)50-3)22-40-42-36(44)8-7-9-37(45)43-41-23-25-11-15-31(33(19-25)51-4)55-39(47)27-13-17-29(49-2)35(21-27)53-6/h10-23H,7-9H2,1-6H3,(H,42,44)(H,43,45). The van der Waals surface area contributed by atoms with E-state index in [1.807, 2.05) is 0 Å². The minimum Gasteiger partial charge on any atom is -0.493 e. The number of carbonyl (C=O) groups is 4. The van der Waals surface area contributed by atoms with Gasteiger partial charge in [0.2, 0.25) is 11.8 Å². The number of methoxy groups -OCH3 is 6. The Kier molecular flexibility index (Phi) is 15.0. The fraction of sp³-hybridized carbons (Fsp3) is 0.231. The van der Waals surface area contributed by atoms with Crippen LogP contribution in [0.4, 0.5) is 0 Å². The fourth-order valence-corrected chi connectivity index (χ4v) is 4.82. The van der Waals surface area contributed by atoms with Crippen molar-refractivity contribution in [2.75, 3.05) is 42.7 Å². The molecule has 0 heterocycles. The molecule has 2 amide bonds. The van der Waals surface area contributed by atoms with Crippen LogP contribution >= 0.6 is 0 Å². The molecule has 0 aromatic heterocycles. The molecule has 0 fully saturated rings. The van der Waals surface area contributed by atoms with Crippen molar-refractivity contribution in [2.45, 2.75) is 19.3 Å². The first-order valence-electron chi connectivity index (χ1n) is 16.5. The van der Waals surface area contributed by atoms with E-state index in [1.54, 1.807) is 48.5 Å². The highest BCUT2D eigenvalue weighted by molar-refractivity contribution is 5.93. The maximum Gasteiger partial charge on any atom is 0.343 e. The van der Waals surface area contributed by atoms with Crippen molar-refractivity contribution < 1.29 is 57.1 Å². The number of rotatable bonds is 18. The van der Waals surface area contributed by atoms with Gasteiger partial charge in [0.25, 0.3) is 0 Å². The largest absolute Gasteiger partial charge is 0.493 e. The van der Waals surface area contributed by atoms with E-state index in [0.29, 0.717) is 34.1 Å². The van der Waals surface area contributed by atoms with Crippen molar-refractivity contribution in [1.29, 1.82) is 0 Å². The predicted octanol–water partition coefficient (Wildman–Crippen LogP) is 4.95. The molecule has 0 bridgehead atoms. The molecule has 0 atom stereocenters. The molecule has 0 aliphatic rings. The van der Waals surface area contributed by atoms with Crippen LogP contribution in [0.25, 0.3) is 0 Å². The van der Waals surface area contributed by atoms with Gasteiger partial charge in [-0.05, 0) is 90.3 Å². The highest BCUT2D eigenvalue weighted by atomic mass is 16.6. The molecular formula is C39H40N4O12. The van der Waals surface area contributed by atoms with E-state index in [1.165, 1.54) is 79.4 Å². The topological polar surface area (TPSA) is 191 Å². The molecule has 0 unspecified atom stereocenters. The quantitative estimate of drug-likeness (QED) is 0.0602. The van der Waals surface area contributed by atoms with E-state index in [9.17, 15) is 19.2 Å². The summed E-state index contributed by atoms with van der Waals surface area (Å²) in [6, 6.07) is 18.8. The number of nitrogens with zero attached hydrogens (tertiary/aromatic N) is 2. The molecule has 16 heteroatoms. The molecule has 0 radical (unpaired) electrons. The molecular weight excluding hydrogens is 716 g/mol. The molecule has 16 nitrogen and oxygen atoms in total. The Morgan fingerprint density at radius 3 is 1.18 bits per heavy atom. The third kappa shape index (κ3) is 11.4. The van der Waals surface area contributed by atoms with Crippen LogP contribution in [0.15, 0.2) is 83.0 Å². The van der Waals surface area contributed by atoms with Crippen molar-refractivity contribution in [3.8, 4) is 46.0 Å². The first kappa shape index (κ1) is 40.7. The van der Waals surface area contributed by atoms with Gasteiger partial charge in [-0.25, -0.2) is 20.4 Å². The zero-order valence-electron chi connectivity index (χ0n) is 31.0. The number of hydrazone groups is 2. The maximum absolute atomic E-state index is 12.7. The summed E-state index contributed by atoms with van der Waals surface area (Å²) in [6.45, 7) is 0. The summed E-state index contributed by atoms with van der Waals surface area (Å²) in [5.74, 6) is 0.512.